The minimum absolute atomic E-state index is 0.324. The molecule has 2 N–H and O–H groups in total. The van der Waals surface area contributed by atoms with E-state index in [1.807, 2.05) is 0 Å². The van der Waals surface area contributed by atoms with E-state index in [-0.39, 0.29) is 0 Å². The van der Waals surface area contributed by atoms with E-state index in [9.17, 15) is 0 Å². The molecule has 5 heteroatoms. The molecule has 0 radical (unpaired) electrons. The number of hydrogen-bond donors (Lipinski definition) is 1. The average molecular weight is 296 g/mol. The molecule has 0 aliphatic carbocycles. The Kier molecular flexibility index (Phi) is 7.62. The van der Waals surface area contributed by atoms with Gasteiger partial charge in [-0.05, 0) is 49.3 Å². The third kappa shape index (κ3) is 4.49. The number of rotatable bonds is 8. The molecule has 1 atom stereocenters. The molecule has 1 heterocycles. The maximum absolute atomic E-state index is 6.08. The van der Waals surface area contributed by atoms with Gasteiger partial charge in [-0.1, -0.05) is 13.8 Å². The molecule has 0 saturated heterocycles. The molecule has 1 aromatic heterocycles. The molecule has 4 nitrogen and oxygen atoms in total. The van der Waals surface area contributed by atoms with Crippen LogP contribution in [-0.2, 0) is 0 Å². The van der Waals surface area contributed by atoms with Gasteiger partial charge < -0.3 is 10.6 Å². The Bertz CT molecular complexity index is 381. The van der Waals surface area contributed by atoms with Gasteiger partial charge in [0.25, 0.3) is 0 Å². The lowest BCUT2D eigenvalue weighted by atomic mass is 10.1. The van der Waals surface area contributed by atoms with E-state index < -0.39 is 0 Å². The Labute approximate surface area is 127 Å². The summed E-state index contributed by atoms with van der Waals surface area (Å²) in [5.41, 5.74) is 7.43. The summed E-state index contributed by atoms with van der Waals surface area (Å²) in [5, 5.41) is 4.34. The van der Waals surface area contributed by atoms with Crippen molar-refractivity contribution in [1.82, 2.24) is 9.80 Å². The van der Waals surface area contributed by atoms with Crippen LogP contribution in [0.25, 0.3) is 0 Å². The Balaban J connectivity index is 2.83. The summed E-state index contributed by atoms with van der Waals surface area (Å²) in [4.78, 5) is 9.14. The zero-order valence-electron chi connectivity index (χ0n) is 13.2. The second-order valence-electron chi connectivity index (χ2n) is 4.66. The lowest BCUT2D eigenvalue weighted by Crippen LogP contribution is -2.38. The number of likely N-dealkylation sites (N-methyl/N-ethyl adjacent to an activating group) is 1. The van der Waals surface area contributed by atoms with E-state index in [4.69, 9.17) is 5.73 Å². The smallest absolute Gasteiger partial charge is 0.191 e. The third-order valence-electron chi connectivity index (χ3n) is 3.69. The van der Waals surface area contributed by atoms with E-state index in [0.717, 1.165) is 32.7 Å². The molecule has 0 spiro atoms. The Morgan fingerprint density at radius 3 is 2.30 bits per heavy atom. The van der Waals surface area contributed by atoms with Crippen LogP contribution in [0.1, 0.15) is 39.3 Å². The summed E-state index contributed by atoms with van der Waals surface area (Å²) in [7, 11) is 0. The van der Waals surface area contributed by atoms with Gasteiger partial charge in [-0.2, -0.15) is 11.3 Å². The molecule has 0 bridgehead atoms. The molecule has 114 valence electrons. The highest BCUT2D eigenvalue weighted by Crippen LogP contribution is 2.23. The number of nitrogens with zero attached hydrogens (tertiary/aromatic N) is 3. The second-order valence-corrected chi connectivity index (χ2v) is 5.44. The van der Waals surface area contributed by atoms with Crippen molar-refractivity contribution in [3.8, 4) is 0 Å². The number of hydrogen-bond acceptors (Lipinski definition) is 3. The van der Waals surface area contributed by atoms with Gasteiger partial charge >= 0.3 is 0 Å². The van der Waals surface area contributed by atoms with Crippen molar-refractivity contribution < 1.29 is 0 Å². The van der Waals surface area contributed by atoms with E-state index in [2.05, 4.69) is 59.3 Å². The Morgan fingerprint density at radius 1 is 1.20 bits per heavy atom. The number of nitrogens with two attached hydrogens (primary N) is 1. The largest absolute Gasteiger partial charge is 0.370 e. The number of thiophene rings is 1. The Morgan fingerprint density at radius 2 is 1.85 bits per heavy atom. The van der Waals surface area contributed by atoms with Gasteiger partial charge in [-0.3, -0.25) is 9.89 Å². The van der Waals surface area contributed by atoms with Crippen molar-refractivity contribution in [2.45, 2.75) is 33.7 Å². The molecule has 1 aromatic rings. The minimum Gasteiger partial charge on any atom is -0.370 e. The summed E-state index contributed by atoms with van der Waals surface area (Å²) in [6.45, 7) is 13.2. The molecule has 0 amide bonds. The molecular formula is C15H28N4S. The van der Waals surface area contributed by atoms with Crippen molar-refractivity contribution in [2.75, 3.05) is 32.7 Å². The highest BCUT2D eigenvalue weighted by atomic mass is 32.1. The van der Waals surface area contributed by atoms with Crippen LogP contribution in [-0.4, -0.2) is 48.5 Å². The van der Waals surface area contributed by atoms with Crippen molar-refractivity contribution in [3.63, 3.8) is 0 Å². The van der Waals surface area contributed by atoms with E-state index >= 15 is 0 Å². The van der Waals surface area contributed by atoms with Gasteiger partial charge in [0, 0.05) is 13.1 Å². The first-order valence-electron chi connectivity index (χ1n) is 7.48. The highest BCUT2D eigenvalue weighted by Gasteiger charge is 2.18. The van der Waals surface area contributed by atoms with Crippen LogP contribution in [0.2, 0.25) is 0 Å². The highest BCUT2D eigenvalue weighted by molar-refractivity contribution is 7.07. The van der Waals surface area contributed by atoms with Gasteiger partial charge in [0.2, 0.25) is 0 Å². The first kappa shape index (κ1) is 17.0. The van der Waals surface area contributed by atoms with Crippen molar-refractivity contribution in [2.24, 2.45) is 10.7 Å². The lowest BCUT2D eigenvalue weighted by molar-refractivity contribution is 0.224. The molecule has 0 saturated carbocycles. The summed E-state index contributed by atoms with van der Waals surface area (Å²) in [5.74, 6) is 0.655. The molecule has 0 fully saturated rings. The zero-order chi connectivity index (χ0) is 15.0. The van der Waals surface area contributed by atoms with Crippen LogP contribution >= 0.6 is 11.3 Å². The van der Waals surface area contributed by atoms with Gasteiger partial charge in [-0.25, -0.2) is 0 Å². The van der Waals surface area contributed by atoms with E-state index in [1.165, 1.54) is 5.56 Å². The van der Waals surface area contributed by atoms with Crippen LogP contribution in [0.4, 0.5) is 0 Å². The SMILES string of the molecule is CCN(CC)C(N)=NCC(c1ccsc1)N(CC)CC. The predicted octanol–water partition coefficient (Wildman–Crippen LogP) is 2.79. The minimum atomic E-state index is 0.324. The third-order valence-corrected chi connectivity index (χ3v) is 4.40. The lowest BCUT2D eigenvalue weighted by Gasteiger charge is -2.28. The van der Waals surface area contributed by atoms with Crippen LogP contribution in [0, 0.1) is 0 Å². The van der Waals surface area contributed by atoms with Crippen molar-refractivity contribution >= 4 is 17.3 Å². The summed E-state index contributed by atoms with van der Waals surface area (Å²) < 4.78 is 0. The molecule has 1 rings (SSSR count). The van der Waals surface area contributed by atoms with Gasteiger partial charge in [0.05, 0.1) is 12.6 Å². The van der Waals surface area contributed by atoms with Crippen LogP contribution in [0.5, 0.6) is 0 Å². The summed E-state index contributed by atoms with van der Waals surface area (Å²) in [6.07, 6.45) is 0. The van der Waals surface area contributed by atoms with E-state index in [1.54, 1.807) is 11.3 Å². The van der Waals surface area contributed by atoms with Crippen molar-refractivity contribution in [3.05, 3.63) is 22.4 Å². The average Bonchev–Trinajstić information content (AvgIpc) is 2.98. The van der Waals surface area contributed by atoms with Gasteiger partial charge in [0.1, 0.15) is 0 Å². The van der Waals surface area contributed by atoms with Crippen molar-refractivity contribution in [1.29, 1.82) is 0 Å². The summed E-state index contributed by atoms with van der Waals surface area (Å²) in [6, 6.07) is 2.52. The normalized spacial score (nSPS) is 13.8. The molecule has 0 aliphatic heterocycles. The molecule has 0 aromatic carbocycles. The second kappa shape index (κ2) is 8.97. The van der Waals surface area contributed by atoms with Crippen LogP contribution in [0.15, 0.2) is 21.8 Å². The fourth-order valence-corrected chi connectivity index (χ4v) is 3.10. The number of guanidine groups is 1. The van der Waals surface area contributed by atoms with Crippen LogP contribution in [0.3, 0.4) is 0 Å². The first-order chi connectivity index (χ1) is 9.67. The van der Waals surface area contributed by atoms with Crippen LogP contribution < -0.4 is 5.73 Å². The fourth-order valence-electron chi connectivity index (χ4n) is 2.39. The maximum Gasteiger partial charge on any atom is 0.191 e. The standard InChI is InChI=1S/C15H28N4S/c1-5-18(6-2)14(13-9-10-20-12-13)11-17-15(16)19(7-3)8-4/h9-10,12,14H,5-8,11H2,1-4H3,(H2,16,17). The predicted molar refractivity (Wildman–Crippen MR) is 89.4 cm³/mol. The molecule has 1 unspecified atom stereocenters. The fraction of sp³-hybridized carbons (Fsp3) is 0.667. The molecular weight excluding hydrogens is 268 g/mol. The Hall–Kier alpha value is -1.07. The first-order valence-corrected chi connectivity index (χ1v) is 8.43. The number of aliphatic imine (C=N–C) groups is 1. The maximum atomic E-state index is 6.08. The quantitative estimate of drug-likeness (QED) is 0.592. The molecule has 0 aliphatic rings. The summed E-state index contributed by atoms with van der Waals surface area (Å²) >= 11 is 1.74. The van der Waals surface area contributed by atoms with Gasteiger partial charge in [-0.15, -0.1) is 0 Å². The monoisotopic (exact) mass is 296 g/mol. The van der Waals surface area contributed by atoms with Gasteiger partial charge in [0.15, 0.2) is 5.96 Å². The zero-order valence-corrected chi connectivity index (χ0v) is 14.0. The van der Waals surface area contributed by atoms with E-state index in [0.29, 0.717) is 12.0 Å². The molecule has 20 heavy (non-hydrogen) atoms. The topological polar surface area (TPSA) is 44.9 Å².